The summed E-state index contributed by atoms with van der Waals surface area (Å²) in [6.45, 7) is 3.87. The van der Waals surface area contributed by atoms with Crippen molar-refractivity contribution in [1.82, 2.24) is 14.9 Å². The Bertz CT molecular complexity index is 674. The Balaban J connectivity index is 1.75. The average Bonchev–Trinajstić information content (AvgIpc) is 2.69. The summed E-state index contributed by atoms with van der Waals surface area (Å²) >= 11 is 0. The van der Waals surface area contributed by atoms with Crippen LogP contribution < -0.4 is 14.8 Å². The van der Waals surface area contributed by atoms with Crippen molar-refractivity contribution >= 4 is 11.7 Å². The lowest BCUT2D eigenvalue weighted by Crippen LogP contribution is -2.28. The first-order valence-corrected chi connectivity index (χ1v) is 8.72. The van der Waals surface area contributed by atoms with Gasteiger partial charge in [-0.05, 0) is 30.7 Å². The fraction of sp³-hybridized carbons (Fsp3) is 0.421. The molecule has 0 saturated carbocycles. The zero-order valence-electron chi connectivity index (χ0n) is 15.6. The Labute approximate surface area is 154 Å². The van der Waals surface area contributed by atoms with E-state index >= 15 is 0 Å². The van der Waals surface area contributed by atoms with Crippen molar-refractivity contribution in [2.75, 3.05) is 39.2 Å². The van der Waals surface area contributed by atoms with E-state index in [-0.39, 0.29) is 5.91 Å². The number of hydrogen-bond donors (Lipinski definition) is 1. The molecular formula is C19H26N4O3. The molecule has 0 saturated heterocycles. The molecule has 0 radical (unpaired) electrons. The Morgan fingerprint density at radius 2 is 1.88 bits per heavy atom. The molecule has 1 N–H and O–H groups in total. The summed E-state index contributed by atoms with van der Waals surface area (Å²) in [6, 6.07) is 7.41. The van der Waals surface area contributed by atoms with E-state index in [9.17, 15) is 4.79 Å². The van der Waals surface area contributed by atoms with Crippen LogP contribution in [-0.2, 0) is 0 Å². The largest absolute Gasteiger partial charge is 0.497 e. The minimum Gasteiger partial charge on any atom is -0.497 e. The van der Waals surface area contributed by atoms with Gasteiger partial charge in [-0.15, -0.1) is 0 Å². The van der Waals surface area contributed by atoms with Crippen LogP contribution in [0.5, 0.6) is 11.5 Å². The van der Waals surface area contributed by atoms with Crippen LogP contribution in [0.4, 0.5) is 5.82 Å². The number of rotatable bonds is 10. The second-order valence-electron chi connectivity index (χ2n) is 5.82. The van der Waals surface area contributed by atoms with E-state index in [1.54, 1.807) is 25.3 Å². The molecule has 2 rings (SSSR count). The van der Waals surface area contributed by atoms with Gasteiger partial charge < -0.3 is 19.7 Å². The number of hydrogen-bond acceptors (Lipinski definition) is 6. The average molecular weight is 358 g/mol. The summed E-state index contributed by atoms with van der Waals surface area (Å²) in [7, 11) is 3.41. The van der Waals surface area contributed by atoms with Crippen molar-refractivity contribution in [2.24, 2.45) is 0 Å². The minimum atomic E-state index is -0.111. The number of anilines is 1. The Morgan fingerprint density at radius 3 is 2.50 bits per heavy atom. The highest BCUT2D eigenvalue weighted by Gasteiger charge is 2.12. The number of unbranched alkanes of at least 4 members (excludes halogenated alkanes) is 1. The maximum Gasteiger partial charge on any atom is 0.273 e. The van der Waals surface area contributed by atoms with Crippen LogP contribution in [0.15, 0.2) is 36.7 Å². The molecule has 0 aliphatic heterocycles. The predicted molar refractivity (Wildman–Crippen MR) is 101 cm³/mol. The summed E-state index contributed by atoms with van der Waals surface area (Å²) in [5, 5.41) is 3.12. The number of amides is 1. The first kappa shape index (κ1) is 19.5. The zero-order valence-corrected chi connectivity index (χ0v) is 15.6. The lowest BCUT2D eigenvalue weighted by Gasteiger charge is -2.16. The van der Waals surface area contributed by atoms with Gasteiger partial charge in [-0.2, -0.15) is 0 Å². The van der Waals surface area contributed by atoms with Crippen molar-refractivity contribution in [3.8, 4) is 11.5 Å². The summed E-state index contributed by atoms with van der Waals surface area (Å²) in [5.74, 6) is 2.06. The standard InChI is InChI=1S/C19H26N4O3/c1-4-5-11-23(2)19(24)17-13-22-18(14-21-17)20-10-12-26-16-8-6-15(25-3)7-9-16/h6-9,13-14H,4-5,10-12H2,1-3H3,(H,20,22). The lowest BCUT2D eigenvalue weighted by molar-refractivity contribution is 0.0787. The maximum atomic E-state index is 12.2. The fourth-order valence-electron chi connectivity index (χ4n) is 2.24. The molecule has 2 aromatic rings. The molecule has 0 aliphatic rings. The molecule has 1 aromatic heterocycles. The maximum absolute atomic E-state index is 12.2. The molecule has 7 nitrogen and oxygen atoms in total. The summed E-state index contributed by atoms with van der Waals surface area (Å²) in [5.41, 5.74) is 0.351. The van der Waals surface area contributed by atoms with Gasteiger partial charge in [-0.1, -0.05) is 13.3 Å². The molecule has 0 spiro atoms. The normalized spacial score (nSPS) is 10.3. The fourth-order valence-corrected chi connectivity index (χ4v) is 2.24. The molecule has 0 fully saturated rings. The van der Waals surface area contributed by atoms with Crippen molar-refractivity contribution in [1.29, 1.82) is 0 Å². The number of ether oxygens (including phenoxy) is 2. The van der Waals surface area contributed by atoms with Crippen LogP contribution in [0.1, 0.15) is 30.3 Å². The summed E-state index contributed by atoms with van der Waals surface area (Å²) in [6.07, 6.45) is 5.08. The van der Waals surface area contributed by atoms with E-state index in [2.05, 4.69) is 22.2 Å². The molecule has 140 valence electrons. The van der Waals surface area contributed by atoms with E-state index in [4.69, 9.17) is 9.47 Å². The van der Waals surface area contributed by atoms with Crippen LogP contribution in [-0.4, -0.2) is 54.6 Å². The van der Waals surface area contributed by atoms with Crippen LogP contribution in [0.2, 0.25) is 0 Å². The van der Waals surface area contributed by atoms with Crippen LogP contribution in [0, 0.1) is 0 Å². The van der Waals surface area contributed by atoms with Crippen LogP contribution >= 0.6 is 0 Å². The van der Waals surface area contributed by atoms with Crippen molar-refractivity contribution in [2.45, 2.75) is 19.8 Å². The van der Waals surface area contributed by atoms with Crippen molar-refractivity contribution < 1.29 is 14.3 Å². The molecule has 0 aliphatic carbocycles. The molecule has 7 heteroatoms. The molecule has 0 atom stereocenters. The van der Waals surface area contributed by atoms with Gasteiger partial charge in [-0.25, -0.2) is 9.97 Å². The zero-order chi connectivity index (χ0) is 18.8. The molecule has 0 unspecified atom stereocenters. The van der Waals surface area contributed by atoms with Gasteiger partial charge in [0.1, 0.15) is 29.6 Å². The first-order valence-electron chi connectivity index (χ1n) is 8.72. The van der Waals surface area contributed by atoms with E-state index < -0.39 is 0 Å². The number of nitrogens with zero attached hydrogens (tertiary/aromatic N) is 3. The number of carbonyl (C=O) groups is 1. The first-order chi connectivity index (χ1) is 12.6. The van der Waals surface area contributed by atoms with E-state index in [0.717, 1.165) is 30.9 Å². The number of methoxy groups -OCH3 is 1. The monoisotopic (exact) mass is 358 g/mol. The summed E-state index contributed by atoms with van der Waals surface area (Å²) in [4.78, 5) is 22.3. The third-order valence-corrected chi connectivity index (χ3v) is 3.80. The molecular weight excluding hydrogens is 332 g/mol. The third kappa shape index (κ3) is 5.91. The lowest BCUT2D eigenvalue weighted by atomic mass is 10.3. The molecule has 26 heavy (non-hydrogen) atoms. The van der Waals surface area contributed by atoms with Gasteiger partial charge in [0.25, 0.3) is 5.91 Å². The Hall–Kier alpha value is -2.83. The van der Waals surface area contributed by atoms with Crippen molar-refractivity contribution in [3.05, 3.63) is 42.4 Å². The number of carbonyl (C=O) groups excluding carboxylic acids is 1. The molecule has 1 amide bonds. The highest BCUT2D eigenvalue weighted by molar-refractivity contribution is 5.91. The van der Waals surface area contributed by atoms with Gasteiger partial charge in [0.15, 0.2) is 0 Å². The van der Waals surface area contributed by atoms with Gasteiger partial charge >= 0.3 is 0 Å². The van der Waals surface area contributed by atoms with E-state index in [0.29, 0.717) is 24.7 Å². The van der Waals surface area contributed by atoms with Gasteiger partial charge in [0, 0.05) is 13.6 Å². The Morgan fingerprint density at radius 1 is 1.15 bits per heavy atom. The minimum absolute atomic E-state index is 0.111. The molecule has 1 aromatic carbocycles. The quantitative estimate of drug-likeness (QED) is 0.658. The predicted octanol–water partition coefficient (Wildman–Crippen LogP) is 2.85. The van der Waals surface area contributed by atoms with Gasteiger partial charge in [0.05, 0.1) is 26.0 Å². The SMILES string of the molecule is CCCCN(C)C(=O)c1cnc(NCCOc2ccc(OC)cc2)cn1. The highest BCUT2D eigenvalue weighted by atomic mass is 16.5. The van der Waals surface area contributed by atoms with Crippen LogP contribution in [0.3, 0.4) is 0 Å². The highest BCUT2D eigenvalue weighted by Crippen LogP contribution is 2.16. The second-order valence-corrected chi connectivity index (χ2v) is 5.82. The van der Waals surface area contributed by atoms with Gasteiger partial charge in [0.2, 0.25) is 0 Å². The van der Waals surface area contributed by atoms with Crippen LogP contribution in [0.25, 0.3) is 0 Å². The smallest absolute Gasteiger partial charge is 0.273 e. The summed E-state index contributed by atoms with van der Waals surface area (Å²) < 4.78 is 10.7. The topological polar surface area (TPSA) is 76.6 Å². The molecule has 1 heterocycles. The van der Waals surface area contributed by atoms with E-state index in [1.807, 2.05) is 24.3 Å². The van der Waals surface area contributed by atoms with Gasteiger partial charge in [-0.3, -0.25) is 4.79 Å². The number of nitrogens with one attached hydrogen (secondary N) is 1. The molecule has 0 bridgehead atoms. The third-order valence-electron chi connectivity index (χ3n) is 3.80. The van der Waals surface area contributed by atoms with Crippen molar-refractivity contribution in [3.63, 3.8) is 0 Å². The second kappa shape index (κ2) is 10.2. The number of aromatic nitrogens is 2. The Kier molecular flexibility index (Phi) is 7.67. The number of benzene rings is 1. The van der Waals surface area contributed by atoms with E-state index in [1.165, 1.54) is 6.20 Å².